The topological polar surface area (TPSA) is 62.4 Å². The third kappa shape index (κ3) is 4.20. The zero-order valence-corrected chi connectivity index (χ0v) is 12.0. The van der Waals surface area contributed by atoms with E-state index in [2.05, 4.69) is 15.7 Å². The van der Waals surface area contributed by atoms with Crippen molar-refractivity contribution >= 4 is 5.96 Å². The summed E-state index contributed by atoms with van der Waals surface area (Å²) in [6, 6.07) is 5.35. The van der Waals surface area contributed by atoms with Crippen LogP contribution in [0.1, 0.15) is 36.8 Å². The highest BCUT2D eigenvalue weighted by Crippen LogP contribution is 2.17. The van der Waals surface area contributed by atoms with Gasteiger partial charge in [-0.2, -0.15) is 0 Å². The lowest BCUT2D eigenvalue weighted by Crippen LogP contribution is -2.45. The van der Waals surface area contributed by atoms with Crippen molar-refractivity contribution in [2.75, 3.05) is 6.54 Å². The molecule has 5 heteroatoms. The number of hydrazine groups is 1. The fourth-order valence-corrected chi connectivity index (χ4v) is 2.62. The molecule has 1 aromatic carbocycles. The van der Waals surface area contributed by atoms with Crippen LogP contribution >= 0.6 is 0 Å². The molecule has 0 radical (unpaired) electrons. The summed E-state index contributed by atoms with van der Waals surface area (Å²) in [7, 11) is 0. The van der Waals surface area contributed by atoms with E-state index in [1.165, 1.54) is 31.7 Å². The number of aryl methyl sites for hydroxylation is 1. The van der Waals surface area contributed by atoms with Crippen LogP contribution in [0.3, 0.4) is 0 Å². The van der Waals surface area contributed by atoms with Crippen molar-refractivity contribution < 1.29 is 4.39 Å². The molecule has 0 aromatic heterocycles. The number of nitrogens with two attached hydrogens (primary N) is 1. The van der Waals surface area contributed by atoms with Gasteiger partial charge in [0, 0.05) is 12.6 Å². The fourth-order valence-electron chi connectivity index (χ4n) is 2.62. The van der Waals surface area contributed by atoms with Crippen LogP contribution in [0.4, 0.5) is 4.39 Å². The Balaban J connectivity index is 1.86. The number of nitrogens with zero attached hydrogens (tertiary/aromatic N) is 1. The second-order valence-corrected chi connectivity index (χ2v) is 5.32. The van der Waals surface area contributed by atoms with Crippen molar-refractivity contribution in [2.45, 2.75) is 45.1 Å². The molecular formula is C15H23FN4. The van der Waals surface area contributed by atoms with E-state index in [1.54, 1.807) is 6.07 Å². The van der Waals surface area contributed by atoms with Crippen molar-refractivity contribution in [3.05, 3.63) is 35.1 Å². The quantitative estimate of drug-likeness (QED) is 0.342. The van der Waals surface area contributed by atoms with Gasteiger partial charge in [0.2, 0.25) is 5.96 Å². The first-order chi connectivity index (χ1) is 9.69. The van der Waals surface area contributed by atoms with Crippen LogP contribution in [0.2, 0.25) is 0 Å². The Morgan fingerprint density at radius 1 is 1.40 bits per heavy atom. The third-order valence-electron chi connectivity index (χ3n) is 3.79. The Kier molecular flexibility index (Phi) is 5.35. The minimum Gasteiger partial charge on any atom is -0.353 e. The summed E-state index contributed by atoms with van der Waals surface area (Å²) in [5, 5.41) is 3.33. The molecule has 1 saturated carbocycles. The van der Waals surface area contributed by atoms with Crippen LogP contribution < -0.4 is 16.6 Å². The summed E-state index contributed by atoms with van der Waals surface area (Å²) in [6.07, 6.45) is 5.67. The van der Waals surface area contributed by atoms with Gasteiger partial charge >= 0.3 is 0 Å². The molecule has 1 aliphatic rings. The zero-order chi connectivity index (χ0) is 14.4. The predicted octanol–water partition coefficient (Wildman–Crippen LogP) is 2.03. The molecule has 0 bridgehead atoms. The first-order valence-electron chi connectivity index (χ1n) is 7.21. The van der Waals surface area contributed by atoms with E-state index in [9.17, 15) is 4.39 Å². The van der Waals surface area contributed by atoms with E-state index in [0.29, 0.717) is 18.5 Å². The maximum atomic E-state index is 13.0. The van der Waals surface area contributed by atoms with Crippen LogP contribution in [-0.2, 0) is 6.42 Å². The van der Waals surface area contributed by atoms with Gasteiger partial charge in [-0.3, -0.25) is 10.4 Å². The first kappa shape index (κ1) is 14.8. The van der Waals surface area contributed by atoms with E-state index in [0.717, 1.165) is 17.5 Å². The Bertz CT molecular complexity index is 467. The van der Waals surface area contributed by atoms with Gasteiger partial charge in [0.25, 0.3) is 0 Å². The maximum Gasteiger partial charge on any atom is 0.205 e. The average molecular weight is 278 g/mol. The molecule has 4 N–H and O–H groups in total. The first-order valence-corrected chi connectivity index (χ1v) is 7.21. The average Bonchev–Trinajstić information content (AvgIpc) is 2.93. The Hall–Kier alpha value is -1.62. The van der Waals surface area contributed by atoms with Crippen molar-refractivity contribution in [1.82, 2.24) is 10.7 Å². The predicted molar refractivity (Wildman–Crippen MR) is 79.9 cm³/mol. The SMILES string of the molecule is Cc1cc(F)ccc1CCN=C(NN)NC1CCCC1. The van der Waals surface area contributed by atoms with Crippen LogP contribution in [0.5, 0.6) is 0 Å². The lowest BCUT2D eigenvalue weighted by Gasteiger charge is -2.15. The van der Waals surface area contributed by atoms with Crippen molar-refractivity contribution in [1.29, 1.82) is 0 Å². The molecule has 0 amide bonds. The summed E-state index contributed by atoms with van der Waals surface area (Å²) in [4.78, 5) is 4.44. The molecule has 0 spiro atoms. The van der Waals surface area contributed by atoms with Gasteiger partial charge in [-0.05, 0) is 49.4 Å². The molecular weight excluding hydrogens is 255 g/mol. The molecule has 1 aromatic rings. The van der Waals surface area contributed by atoms with E-state index in [-0.39, 0.29) is 5.82 Å². The summed E-state index contributed by atoms with van der Waals surface area (Å²) in [5.41, 5.74) is 4.70. The highest BCUT2D eigenvalue weighted by molar-refractivity contribution is 5.79. The Morgan fingerprint density at radius 3 is 2.80 bits per heavy atom. The van der Waals surface area contributed by atoms with Crippen LogP contribution in [0.25, 0.3) is 0 Å². The molecule has 0 saturated heterocycles. The molecule has 0 unspecified atom stereocenters. The van der Waals surface area contributed by atoms with E-state index < -0.39 is 0 Å². The second kappa shape index (κ2) is 7.24. The number of guanidine groups is 1. The largest absolute Gasteiger partial charge is 0.353 e. The number of halogens is 1. The maximum absolute atomic E-state index is 13.0. The summed E-state index contributed by atoms with van der Waals surface area (Å²) in [6.45, 7) is 2.55. The Labute approximate surface area is 119 Å². The van der Waals surface area contributed by atoms with Crippen LogP contribution in [0.15, 0.2) is 23.2 Å². The normalized spacial score (nSPS) is 16.4. The highest BCUT2D eigenvalue weighted by atomic mass is 19.1. The molecule has 0 aliphatic heterocycles. The smallest absolute Gasteiger partial charge is 0.205 e. The molecule has 1 fully saturated rings. The van der Waals surface area contributed by atoms with Gasteiger partial charge in [0.05, 0.1) is 0 Å². The molecule has 4 nitrogen and oxygen atoms in total. The monoisotopic (exact) mass is 278 g/mol. The lowest BCUT2D eigenvalue weighted by molar-refractivity contribution is 0.614. The molecule has 20 heavy (non-hydrogen) atoms. The number of hydrogen-bond donors (Lipinski definition) is 3. The number of hydrogen-bond acceptors (Lipinski definition) is 2. The molecule has 110 valence electrons. The summed E-state index contributed by atoms with van der Waals surface area (Å²) < 4.78 is 13.0. The van der Waals surface area contributed by atoms with Gasteiger partial charge in [-0.1, -0.05) is 18.9 Å². The fraction of sp³-hybridized carbons (Fsp3) is 0.533. The van der Waals surface area contributed by atoms with Crippen molar-refractivity contribution in [3.8, 4) is 0 Å². The van der Waals surface area contributed by atoms with Gasteiger partial charge in [0.15, 0.2) is 0 Å². The van der Waals surface area contributed by atoms with Gasteiger partial charge < -0.3 is 5.32 Å². The second-order valence-electron chi connectivity index (χ2n) is 5.32. The highest BCUT2D eigenvalue weighted by Gasteiger charge is 2.15. The number of rotatable bonds is 4. The Morgan fingerprint density at radius 2 is 2.15 bits per heavy atom. The zero-order valence-electron chi connectivity index (χ0n) is 12.0. The number of nitrogens with one attached hydrogen (secondary N) is 2. The number of benzene rings is 1. The van der Waals surface area contributed by atoms with Gasteiger partial charge in [-0.25, -0.2) is 10.2 Å². The molecule has 1 aliphatic carbocycles. The van der Waals surface area contributed by atoms with Crippen LogP contribution in [0, 0.1) is 12.7 Å². The van der Waals surface area contributed by atoms with E-state index >= 15 is 0 Å². The minimum absolute atomic E-state index is 0.193. The van der Waals surface area contributed by atoms with Crippen LogP contribution in [-0.4, -0.2) is 18.5 Å². The van der Waals surface area contributed by atoms with Gasteiger partial charge in [-0.15, -0.1) is 0 Å². The minimum atomic E-state index is -0.193. The lowest BCUT2D eigenvalue weighted by atomic mass is 10.1. The summed E-state index contributed by atoms with van der Waals surface area (Å²) in [5.74, 6) is 5.94. The van der Waals surface area contributed by atoms with E-state index in [1.807, 2.05) is 13.0 Å². The van der Waals surface area contributed by atoms with E-state index in [4.69, 9.17) is 5.84 Å². The molecule has 0 heterocycles. The standard InChI is InChI=1S/C15H23FN4/c1-11-10-13(16)7-6-12(11)8-9-18-15(20-17)19-14-4-2-3-5-14/h6-7,10,14H,2-5,8-9,17H2,1H3,(H2,18,19,20). The summed E-state index contributed by atoms with van der Waals surface area (Å²) >= 11 is 0. The van der Waals surface area contributed by atoms with Crippen molar-refractivity contribution in [2.24, 2.45) is 10.8 Å². The third-order valence-corrected chi connectivity index (χ3v) is 3.79. The molecule has 2 rings (SSSR count). The molecule has 0 atom stereocenters. The number of aliphatic imine (C=N–C) groups is 1. The van der Waals surface area contributed by atoms with Crippen molar-refractivity contribution in [3.63, 3.8) is 0 Å². The van der Waals surface area contributed by atoms with Gasteiger partial charge in [0.1, 0.15) is 5.82 Å².